The molecular formula is C20H25F3O7S. The van der Waals surface area contributed by atoms with Crippen molar-refractivity contribution in [3.8, 4) is 11.5 Å². The van der Waals surface area contributed by atoms with Gasteiger partial charge in [-0.05, 0) is 37.0 Å². The van der Waals surface area contributed by atoms with E-state index in [0.29, 0.717) is 38.4 Å². The Kier molecular flexibility index (Phi) is 6.14. The van der Waals surface area contributed by atoms with Gasteiger partial charge in [-0.3, -0.25) is 0 Å². The van der Waals surface area contributed by atoms with Gasteiger partial charge in [0.2, 0.25) is 6.29 Å². The summed E-state index contributed by atoms with van der Waals surface area (Å²) in [7, 11) is -5.84. The number of halogens is 3. The molecule has 1 aliphatic carbocycles. The van der Waals surface area contributed by atoms with E-state index in [1.165, 1.54) is 0 Å². The number of hydrogen-bond acceptors (Lipinski definition) is 7. The first-order valence-corrected chi connectivity index (χ1v) is 11.8. The van der Waals surface area contributed by atoms with Gasteiger partial charge in [-0.2, -0.15) is 21.6 Å². The van der Waals surface area contributed by atoms with Crippen LogP contribution in [0.25, 0.3) is 0 Å². The molecule has 174 valence electrons. The van der Waals surface area contributed by atoms with Gasteiger partial charge >= 0.3 is 15.6 Å². The second-order valence-corrected chi connectivity index (χ2v) is 9.57. The molecule has 1 aromatic carbocycles. The Hall–Kier alpha value is -1.56. The van der Waals surface area contributed by atoms with Crippen LogP contribution in [-0.4, -0.2) is 45.8 Å². The van der Waals surface area contributed by atoms with Gasteiger partial charge in [0, 0.05) is 24.3 Å². The summed E-state index contributed by atoms with van der Waals surface area (Å²) in [5, 5.41) is 0. The molecule has 0 bridgehead atoms. The number of unbranched alkanes of at least 4 members (excludes halogenated alkanes) is 1. The topological polar surface area (TPSA) is 80.3 Å². The van der Waals surface area contributed by atoms with E-state index in [2.05, 4.69) is 11.1 Å². The van der Waals surface area contributed by atoms with Crippen LogP contribution < -0.4 is 9.47 Å². The molecule has 1 aromatic rings. The summed E-state index contributed by atoms with van der Waals surface area (Å²) in [4.78, 5) is 0. The van der Waals surface area contributed by atoms with Crippen LogP contribution in [0.4, 0.5) is 13.2 Å². The molecule has 7 nitrogen and oxygen atoms in total. The maximum Gasteiger partial charge on any atom is 0.523 e. The molecule has 0 amide bonds. The molecule has 2 heterocycles. The first-order valence-electron chi connectivity index (χ1n) is 10.3. The monoisotopic (exact) mass is 466 g/mol. The normalized spacial score (nSPS) is 27.4. The predicted molar refractivity (Wildman–Crippen MR) is 102 cm³/mol. The number of ether oxygens (including phenoxy) is 4. The molecule has 31 heavy (non-hydrogen) atoms. The van der Waals surface area contributed by atoms with E-state index in [0.717, 1.165) is 18.4 Å². The summed E-state index contributed by atoms with van der Waals surface area (Å²) in [6.45, 7) is 3.34. The fourth-order valence-electron chi connectivity index (χ4n) is 4.45. The first kappa shape index (κ1) is 22.6. The van der Waals surface area contributed by atoms with Gasteiger partial charge in [0.25, 0.3) is 0 Å². The molecular weight excluding hydrogens is 441 g/mol. The lowest BCUT2D eigenvalue weighted by atomic mass is 9.71. The van der Waals surface area contributed by atoms with Crippen molar-refractivity contribution < 1.29 is 44.7 Å². The standard InChI is InChI=1S/C20H25F3O7S/c1-2-3-8-26-13-4-5-17-15(11-13)14-6-7-19(27-9-10-28-19)12-16(14)18(29-17)30-31(24,25)20(21,22)23/h4-5,11,14,16,18H,2-3,6-10,12H2,1H3/t14-,16?,18?/m1/s1. The zero-order valence-electron chi connectivity index (χ0n) is 17.0. The molecule has 2 unspecified atom stereocenters. The van der Waals surface area contributed by atoms with Crippen molar-refractivity contribution >= 4 is 10.1 Å². The van der Waals surface area contributed by atoms with Gasteiger partial charge < -0.3 is 18.9 Å². The largest absolute Gasteiger partial charge is 0.523 e. The molecule has 11 heteroatoms. The molecule has 4 rings (SSSR count). The van der Waals surface area contributed by atoms with E-state index in [-0.39, 0.29) is 18.1 Å². The quantitative estimate of drug-likeness (QED) is 0.355. The fourth-order valence-corrected chi connectivity index (χ4v) is 5.00. The van der Waals surface area contributed by atoms with Crippen LogP contribution in [0.5, 0.6) is 11.5 Å². The molecule has 0 radical (unpaired) electrons. The van der Waals surface area contributed by atoms with Crippen molar-refractivity contribution in [1.29, 1.82) is 0 Å². The SMILES string of the molecule is CCCCOc1ccc2c(c1)[C@H]1CCC3(CC1C(OS(=O)(=O)C(F)(F)F)O2)OCCO3. The summed E-state index contributed by atoms with van der Waals surface area (Å²) in [6, 6.07) is 5.04. The van der Waals surface area contributed by atoms with Gasteiger partial charge in [0.05, 0.1) is 19.8 Å². The minimum atomic E-state index is -5.84. The van der Waals surface area contributed by atoms with E-state index in [1.807, 2.05) is 6.07 Å². The average molecular weight is 466 g/mol. The van der Waals surface area contributed by atoms with E-state index < -0.39 is 33.6 Å². The van der Waals surface area contributed by atoms with Crippen molar-refractivity contribution in [3.05, 3.63) is 23.8 Å². The Morgan fingerprint density at radius 3 is 2.65 bits per heavy atom. The minimum absolute atomic E-state index is 0.163. The zero-order valence-corrected chi connectivity index (χ0v) is 17.8. The minimum Gasteiger partial charge on any atom is -0.494 e. The van der Waals surface area contributed by atoms with Gasteiger partial charge in [0.15, 0.2) is 5.79 Å². The molecule has 3 atom stereocenters. The number of rotatable bonds is 6. The van der Waals surface area contributed by atoms with E-state index >= 15 is 0 Å². The molecule has 0 N–H and O–H groups in total. The third kappa shape index (κ3) is 4.50. The Labute approximate surface area is 178 Å². The van der Waals surface area contributed by atoms with Crippen molar-refractivity contribution in [1.82, 2.24) is 0 Å². The Bertz CT molecular complexity index is 897. The Morgan fingerprint density at radius 1 is 1.23 bits per heavy atom. The summed E-state index contributed by atoms with van der Waals surface area (Å²) in [5.41, 5.74) is -4.79. The van der Waals surface area contributed by atoms with Crippen molar-refractivity contribution in [3.63, 3.8) is 0 Å². The summed E-state index contributed by atoms with van der Waals surface area (Å²) < 4.78 is 89.7. The third-order valence-corrected chi connectivity index (χ3v) is 6.97. The summed E-state index contributed by atoms with van der Waals surface area (Å²) >= 11 is 0. The zero-order chi connectivity index (χ0) is 22.3. The van der Waals surface area contributed by atoms with Gasteiger partial charge in [-0.1, -0.05) is 13.3 Å². The van der Waals surface area contributed by atoms with Crippen molar-refractivity contribution in [2.75, 3.05) is 19.8 Å². The van der Waals surface area contributed by atoms with Crippen LogP contribution in [0.2, 0.25) is 0 Å². The highest BCUT2D eigenvalue weighted by Gasteiger charge is 2.55. The molecule has 0 aromatic heterocycles. The molecule has 1 saturated heterocycles. The summed E-state index contributed by atoms with van der Waals surface area (Å²) in [5.74, 6) is -1.03. The average Bonchev–Trinajstić information content (AvgIpc) is 3.15. The first-order chi connectivity index (χ1) is 14.6. The lowest BCUT2D eigenvalue weighted by Crippen LogP contribution is -2.49. The smallest absolute Gasteiger partial charge is 0.494 e. The second kappa shape index (κ2) is 8.42. The van der Waals surface area contributed by atoms with E-state index in [4.69, 9.17) is 18.9 Å². The fraction of sp³-hybridized carbons (Fsp3) is 0.700. The van der Waals surface area contributed by atoms with Crippen LogP contribution in [0.3, 0.4) is 0 Å². The lowest BCUT2D eigenvalue weighted by Gasteiger charge is -2.46. The van der Waals surface area contributed by atoms with E-state index in [1.54, 1.807) is 12.1 Å². The van der Waals surface area contributed by atoms with Crippen LogP contribution in [0.1, 0.15) is 50.5 Å². The highest BCUT2D eigenvalue weighted by Crippen LogP contribution is 2.53. The van der Waals surface area contributed by atoms with Crippen molar-refractivity contribution in [2.24, 2.45) is 5.92 Å². The number of fused-ring (bicyclic) bond motifs is 3. The number of benzene rings is 1. The molecule has 1 spiro atoms. The molecule has 3 aliphatic rings. The Balaban J connectivity index is 1.64. The predicted octanol–water partition coefficient (Wildman–Crippen LogP) is 4.08. The van der Waals surface area contributed by atoms with Crippen molar-refractivity contribution in [2.45, 2.75) is 62.5 Å². The van der Waals surface area contributed by atoms with Crippen LogP contribution in [-0.2, 0) is 23.8 Å². The number of alkyl halides is 3. The second-order valence-electron chi connectivity index (χ2n) is 8.00. The van der Waals surface area contributed by atoms with Crippen LogP contribution in [0, 0.1) is 5.92 Å². The van der Waals surface area contributed by atoms with Gasteiger partial charge in [0.1, 0.15) is 11.5 Å². The van der Waals surface area contributed by atoms with Gasteiger partial charge in [-0.15, -0.1) is 0 Å². The highest BCUT2D eigenvalue weighted by atomic mass is 32.2. The maximum absolute atomic E-state index is 13.0. The Morgan fingerprint density at radius 2 is 1.97 bits per heavy atom. The number of hydrogen-bond donors (Lipinski definition) is 0. The lowest BCUT2D eigenvalue weighted by molar-refractivity contribution is -0.213. The molecule has 1 saturated carbocycles. The van der Waals surface area contributed by atoms with Crippen LogP contribution in [0.15, 0.2) is 18.2 Å². The van der Waals surface area contributed by atoms with E-state index in [9.17, 15) is 21.6 Å². The highest BCUT2D eigenvalue weighted by molar-refractivity contribution is 7.87. The molecule has 2 aliphatic heterocycles. The van der Waals surface area contributed by atoms with Gasteiger partial charge in [-0.25, -0.2) is 4.18 Å². The maximum atomic E-state index is 13.0. The molecule has 2 fully saturated rings. The van der Waals surface area contributed by atoms with Crippen LogP contribution >= 0.6 is 0 Å². The third-order valence-electron chi connectivity index (χ3n) is 5.96. The summed E-state index contributed by atoms with van der Waals surface area (Å²) in [6.07, 6.45) is 1.45.